The SMILES string of the molecule is Cc1nc(N)nc(C)c1-c1cc(C(F)(F)F)cc2c1C=NC2. The van der Waals surface area contributed by atoms with Gasteiger partial charge < -0.3 is 5.73 Å². The lowest BCUT2D eigenvalue weighted by molar-refractivity contribution is -0.137. The molecule has 7 heteroatoms. The van der Waals surface area contributed by atoms with Crippen molar-refractivity contribution < 1.29 is 13.2 Å². The van der Waals surface area contributed by atoms with E-state index < -0.39 is 11.7 Å². The fourth-order valence-corrected chi connectivity index (χ4v) is 2.73. The minimum absolute atomic E-state index is 0.107. The van der Waals surface area contributed by atoms with Crippen molar-refractivity contribution in [1.29, 1.82) is 0 Å². The Kier molecular flexibility index (Phi) is 3.16. The highest BCUT2D eigenvalue weighted by atomic mass is 19.4. The van der Waals surface area contributed by atoms with E-state index in [1.807, 2.05) is 0 Å². The number of aryl methyl sites for hydroxylation is 2. The fraction of sp³-hybridized carbons (Fsp3) is 0.267. The summed E-state index contributed by atoms with van der Waals surface area (Å²) in [5, 5.41) is 0. The quantitative estimate of drug-likeness (QED) is 0.879. The van der Waals surface area contributed by atoms with Gasteiger partial charge in [-0.3, -0.25) is 4.99 Å². The van der Waals surface area contributed by atoms with Gasteiger partial charge in [0.15, 0.2) is 0 Å². The van der Waals surface area contributed by atoms with Crippen LogP contribution in [0.1, 0.15) is 28.1 Å². The van der Waals surface area contributed by atoms with E-state index in [2.05, 4.69) is 15.0 Å². The van der Waals surface area contributed by atoms with Gasteiger partial charge in [-0.25, -0.2) is 9.97 Å². The molecule has 1 aliphatic rings. The van der Waals surface area contributed by atoms with Crippen molar-refractivity contribution in [3.05, 3.63) is 40.2 Å². The summed E-state index contributed by atoms with van der Waals surface area (Å²) in [4.78, 5) is 12.2. The van der Waals surface area contributed by atoms with Crippen molar-refractivity contribution in [3.8, 4) is 11.1 Å². The number of hydrogen-bond acceptors (Lipinski definition) is 4. The molecule has 0 radical (unpaired) electrons. The number of anilines is 1. The van der Waals surface area contributed by atoms with Crippen LogP contribution in [0, 0.1) is 13.8 Å². The number of aliphatic imine (C=N–C) groups is 1. The fourth-order valence-electron chi connectivity index (χ4n) is 2.73. The maximum Gasteiger partial charge on any atom is 0.416 e. The molecule has 0 fully saturated rings. The number of nitrogens with two attached hydrogens (primary N) is 1. The average molecular weight is 306 g/mol. The van der Waals surface area contributed by atoms with Crippen LogP contribution in [0.4, 0.5) is 19.1 Å². The van der Waals surface area contributed by atoms with E-state index in [0.29, 0.717) is 33.6 Å². The molecule has 1 aliphatic heterocycles. The van der Waals surface area contributed by atoms with Crippen LogP contribution >= 0.6 is 0 Å². The minimum Gasteiger partial charge on any atom is -0.368 e. The van der Waals surface area contributed by atoms with E-state index in [4.69, 9.17) is 5.73 Å². The topological polar surface area (TPSA) is 64.2 Å². The maximum atomic E-state index is 13.1. The number of halogens is 3. The molecular formula is C15H13F3N4. The second-order valence-electron chi connectivity index (χ2n) is 5.19. The Morgan fingerprint density at radius 2 is 1.73 bits per heavy atom. The molecule has 114 valence electrons. The Hall–Kier alpha value is -2.44. The summed E-state index contributed by atoms with van der Waals surface area (Å²) >= 11 is 0. The van der Waals surface area contributed by atoms with Crippen LogP contribution in [0.25, 0.3) is 11.1 Å². The first-order valence-electron chi connectivity index (χ1n) is 6.62. The van der Waals surface area contributed by atoms with E-state index in [-0.39, 0.29) is 12.5 Å². The molecule has 1 aromatic carbocycles. The van der Waals surface area contributed by atoms with Crippen molar-refractivity contribution in [2.45, 2.75) is 26.6 Å². The van der Waals surface area contributed by atoms with Gasteiger partial charge in [-0.15, -0.1) is 0 Å². The Morgan fingerprint density at radius 1 is 1.09 bits per heavy atom. The number of aromatic nitrogens is 2. The molecule has 2 heterocycles. The van der Waals surface area contributed by atoms with Crippen LogP contribution in [0.2, 0.25) is 0 Å². The summed E-state index contributed by atoms with van der Waals surface area (Å²) in [5.41, 5.74) is 8.26. The summed E-state index contributed by atoms with van der Waals surface area (Å²) in [7, 11) is 0. The number of hydrogen-bond donors (Lipinski definition) is 1. The molecule has 0 saturated carbocycles. The number of rotatable bonds is 1. The first kappa shape index (κ1) is 14.5. The van der Waals surface area contributed by atoms with Gasteiger partial charge in [-0.1, -0.05) is 0 Å². The summed E-state index contributed by atoms with van der Waals surface area (Å²) < 4.78 is 39.4. The lowest BCUT2D eigenvalue weighted by atomic mass is 9.92. The average Bonchev–Trinajstić information content (AvgIpc) is 2.84. The molecule has 2 N–H and O–H groups in total. The second kappa shape index (κ2) is 4.79. The number of fused-ring (bicyclic) bond motifs is 1. The maximum absolute atomic E-state index is 13.1. The molecule has 0 atom stereocenters. The van der Waals surface area contributed by atoms with Crippen molar-refractivity contribution >= 4 is 12.2 Å². The zero-order valence-electron chi connectivity index (χ0n) is 12.0. The molecule has 22 heavy (non-hydrogen) atoms. The number of alkyl halides is 3. The third kappa shape index (κ3) is 2.32. The van der Waals surface area contributed by atoms with Gasteiger partial charge >= 0.3 is 6.18 Å². The Bertz CT molecular complexity index is 771. The molecule has 2 aromatic rings. The minimum atomic E-state index is -4.41. The third-order valence-corrected chi connectivity index (χ3v) is 3.63. The second-order valence-corrected chi connectivity index (χ2v) is 5.19. The summed E-state index contributed by atoms with van der Waals surface area (Å²) in [6.45, 7) is 3.67. The van der Waals surface area contributed by atoms with E-state index in [1.54, 1.807) is 20.1 Å². The van der Waals surface area contributed by atoms with Crippen molar-refractivity contribution in [2.24, 2.45) is 4.99 Å². The molecule has 0 spiro atoms. The predicted molar refractivity (Wildman–Crippen MR) is 77.7 cm³/mol. The smallest absolute Gasteiger partial charge is 0.368 e. The van der Waals surface area contributed by atoms with E-state index in [1.165, 1.54) is 0 Å². The molecule has 3 rings (SSSR count). The van der Waals surface area contributed by atoms with Crippen molar-refractivity contribution in [2.75, 3.05) is 5.73 Å². The van der Waals surface area contributed by atoms with Crippen molar-refractivity contribution in [3.63, 3.8) is 0 Å². The highest BCUT2D eigenvalue weighted by Gasteiger charge is 2.33. The summed E-state index contributed by atoms with van der Waals surface area (Å²) in [5.74, 6) is 0.107. The van der Waals surface area contributed by atoms with Gasteiger partial charge in [-0.05, 0) is 37.1 Å². The Balaban J connectivity index is 2.32. The number of benzene rings is 1. The first-order chi connectivity index (χ1) is 10.3. The van der Waals surface area contributed by atoms with Gasteiger partial charge in [0.25, 0.3) is 0 Å². The van der Waals surface area contributed by atoms with Crippen LogP contribution in [0.3, 0.4) is 0 Å². The van der Waals surface area contributed by atoms with Crippen LogP contribution in [0.15, 0.2) is 17.1 Å². The highest BCUT2D eigenvalue weighted by Crippen LogP contribution is 2.38. The molecule has 0 amide bonds. The van der Waals surface area contributed by atoms with Gasteiger partial charge in [0.2, 0.25) is 5.95 Å². The van der Waals surface area contributed by atoms with Crippen LogP contribution in [-0.2, 0) is 12.7 Å². The van der Waals surface area contributed by atoms with E-state index >= 15 is 0 Å². The van der Waals surface area contributed by atoms with Gasteiger partial charge in [0, 0.05) is 17.3 Å². The molecule has 0 bridgehead atoms. The van der Waals surface area contributed by atoms with Crippen LogP contribution in [-0.4, -0.2) is 16.2 Å². The predicted octanol–water partition coefficient (Wildman–Crippen LogP) is 3.29. The Labute approximate surface area is 124 Å². The van der Waals surface area contributed by atoms with E-state index in [9.17, 15) is 13.2 Å². The normalized spacial score (nSPS) is 13.5. The van der Waals surface area contributed by atoms with Gasteiger partial charge in [-0.2, -0.15) is 13.2 Å². The monoisotopic (exact) mass is 306 g/mol. The first-order valence-corrected chi connectivity index (χ1v) is 6.62. The van der Waals surface area contributed by atoms with Crippen molar-refractivity contribution in [1.82, 2.24) is 9.97 Å². The lowest BCUT2D eigenvalue weighted by Crippen LogP contribution is -2.09. The lowest BCUT2D eigenvalue weighted by Gasteiger charge is -2.16. The molecule has 0 aliphatic carbocycles. The number of nitrogens with zero attached hydrogens (tertiary/aromatic N) is 3. The zero-order valence-corrected chi connectivity index (χ0v) is 12.0. The molecule has 1 aromatic heterocycles. The molecular weight excluding hydrogens is 293 g/mol. The van der Waals surface area contributed by atoms with E-state index in [0.717, 1.165) is 12.1 Å². The summed E-state index contributed by atoms with van der Waals surface area (Å²) in [6.07, 6.45) is -2.82. The Morgan fingerprint density at radius 3 is 2.32 bits per heavy atom. The standard InChI is InChI=1S/C15H13F3N4/c1-7-13(8(2)22-14(19)21-7)11-4-10(15(16,17)18)3-9-5-20-6-12(9)11/h3-4,6H,5H2,1-2H3,(H2,19,21,22). The van der Waals surface area contributed by atoms with Gasteiger partial charge in [0.05, 0.1) is 23.5 Å². The molecule has 4 nitrogen and oxygen atoms in total. The third-order valence-electron chi connectivity index (χ3n) is 3.63. The zero-order chi connectivity index (χ0) is 16.1. The van der Waals surface area contributed by atoms with Crippen LogP contribution < -0.4 is 5.73 Å². The van der Waals surface area contributed by atoms with Crippen LogP contribution in [0.5, 0.6) is 0 Å². The largest absolute Gasteiger partial charge is 0.416 e. The van der Waals surface area contributed by atoms with Gasteiger partial charge in [0.1, 0.15) is 0 Å². The molecule has 0 unspecified atom stereocenters. The number of nitrogen functional groups attached to an aromatic ring is 1. The highest BCUT2D eigenvalue weighted by molar-refractivity contribution is 5.95. The summed E-state index contributed by atoms with van der Waals surface area (Å²) in [6, 6.07) is 2.28. The molecule has 0 saturated heterocycles.